The molecule has 132 valence electrons. The zero-order valence-corrected chi connectivity index (χ0v) is 14.3. The number of nitrogens with one attached hydrogen (secondary N) is 1. The van der Waals surface area contributed by atoms with Crippen LogP contribution in [-0.2, 0) is 0 Å². The highest BCUT2D eigenvalue weighted by Crippen LogP contribution is 2.26. The first-order valence-electron chi connectivity index (χ1n) is 7.82. The maximum atomic E-state index is 12.5. The van der Waals surface area contributed by atoms with Crippen molar-refractivity contribution in [3.63, 3.8) is 0 Å². The highest BCUT2D eigenvalue weighted by molar-refractivity contribution is 6.01. The molecule has 0 radical (unpaired) electrons. The molecule has 1 amide bonds. The average molecular weight is 351 g/mol. The second-order valence-corrected chi connectivity index (χ2v) is 5.46. The zero-order valence-electron chi connectivity index (χ0n) is 14.3. The van der Waals surface area contributed by atoms with Crippen LogP contribution in [0.2, 0.25) is 0 Å². The minimum absolute atomic E-state index is 0.0290. The number of rotatable bonds is 5. The van der Waals surface area contributed by atoms with Gasteiger partial charge in [0.1, 0.15) is 17.0 Å². The maximum absolute atomic E-state index is 12.5. The molecule has 0 spiro atoms. The standard InChI is InChI=1S/C19H17N3O4/c1-12-17(18(22-26-12)14-6-4-3-5-7-14)19(24)21-20-11-13-8-9-15(23)16(10-13)25-2/h3-11,23H,1-2H3,(H,21,24)/b20-11+. The van der Waals surface area contributed by atoms with Crippen LogP contribution in [0.3, 0.4) is 0 Å². The number of carbonyl (C=O) groups is 1. The lowest BCUT2D eigenvalue weighted by molar-refractivity contribution is 0.0954. The summed E-state index contributed by atoms with van der Waals surface area (Å²) < 4.78 is 10.2. The van der Waals surface area contributed by atoms with Crippen LogP contribution in [0.4, 0.5) is 0 Å². The first-order chi connectivity index (χ1) is 12.6. The number of aryl methyl sites for hydroxylation is 1. The molecule has 0 aliphatic heterocycles. The predicted molar refractivity (Wildman–Crippen MR) is 96.4 cm³/mol. The van der Waals surface area contributed by atoms with Crippen LogP contribution >= 0.6 is 0 Å². The molecular weight excluding hydrogens is 334 g/mol. The van der Waals surface area contributed by atoms with E-state index in [4.69, 9.17) is 9.26 Å². The van der Waals surface area contributed by atoms with Crippen LogP contribution in [0.5, 0.6) is 11.5 Å². The van der Waals surface area contributed by atoms with E-state index in [1.54, 1.807) is 19.1 Å². The second kappa shape index (κ2) is 7.52. The fourth-order valence-corrected chi connectivity index (χ4v) is 2.43. The van der Waals surface area contributed by atoms with Gasteiger partial charge in [0.05, 0.1) is 13.3 Å². The van der Waals surface area contributed by atoms with Crippen molar-refractivity contribution >= 4 is 12.1 Å². The molecule has 1 heterocycles. The van der Waals surface area contributed by atoms with Crippen LogP contribution in [0.15, 0.2) is 58.2 Å². The van der Waals surface area contributed by atoms with Gasteiger partial charge in [-0.25, -0.2) is 5.43 Å². The Labute approximate surface area is 149 Å². The SMILES string of the molecule is COc1cc(/C=N/NC(=O)c2c(-c3ccccc3)noc2C)ccc1O. The summed E-state index contributed by atoms with van der Waals surface area (Å²) in [6, 6.07) is 14.0. The number of amides is 1. The smallest absolute Gasteiger partial charge is 0.277 e. The molecule has 2 aromatic carbocycles. The number of aromatic hydroxyl groups is 1. The normalized spacial score (nSPS) is 10.8. The van der Waals surface area contributed by atoms with E-state index in [1.165, 1.54) is 19.4 Å². The molecule has 0 saturated heterocycles. The number of ether oxygens (including phenoxy) is 1. The van der Waals surface area contributed by atoms with Gasteiger partial charge < -0.3 is 14.4 Å². The van der Waals surface area contributed by atoms with Gasteiger partial charge >= 0.3 is 0 Å². The van der Waals surface area contributed by atoms with Crippen molar-refractivity contribution in [3.8, 4) is 22.8 Å². The minimum atomic E-state index is -0.426. The molecule has 0 fully saturated rings. The van der Waals surface area contributed by atoms with Crippen molar-refractivity contribution in [1.29, 1.82) is 0 Å². The summed E-state index contributed by atoms with van der Waals surface area (Å²) in [5.41, 5.74) is 4.69. The Morgan fingerprint density at radius 1 is 1.27 bits per heavy atom. The highest BCUT2D eigenvalue weighted by Gasteiger charge is 2.21. The lowest BCUT2D eigenvalue weighted by Gasteiger charge is -2.04. The number of aromatic nitrogens is 1. The first kappa shape index (κ1) is 17.2. The largest absolute Gasteiger partial charge is 0.504 e. The van der Waals surface area contributed by atoms with E-state index in [-0.39, 0.29) is 5.75 Å². The van der Waals surface area contributed by atoms with E-state index >= 15 is 0 Å². The number of nitrogens with zero attached hydrogens (tertiary/aromatic N) is 2. The third-order valence-corrected chi connectivity index (χ3v) is 3.72. The Balaban J connectivity index is 1.78. The highest BCUT2D eigenvalue weighted by atomic mass is 16.5. The van der Waals surface area contributed by atoms with Gasteiger partial charge in [0.25, 0.3) is 5.91 Å². The maximum Gasteiger partial charge on any atom is 0.277 e. The second-order valence-electron chi connectivity index (χ2n) is 5.46. The molecule has 7 nitrogen and oxygen atoms in total. The topological polar surface area (TPSA) is 97.0 Å². The molecule has 3 aromatic rings. The Hall–Kier alpha value is -3.61. The van der Waals surface area contributed by atoms with E-state index in [1.807, 2.05) is 30.3 Å². The van der Waals surface area contributed by atoms with Gasteiger partial charge in [-0.3, -0.25) is 4.79 Å². The summed E-state index contributed by atoms with van der Waals surface area (Å²) in [5, 5.41) is 17.5. The van der Waals surface area contributed by atoms with Crippen molar-refractivity contribution in [2.75, 3.05) is 7.11 Å². The van der Waals surface area contributed by atoms with E-state index < -0.39 is 5.91 Å². The molecule has 26 heavy (non-hydrogen) atoms. The van der Waals surface area contributed by atoms with Crippen molar-refractivity contribution in [2.45, 2.75) is 6.92 Å². The van der Waals surface area contributed by atoms with Crippen LogP contribution in [0, 0.1) is 6.92 Å². The predicted octanol–water partition coefficient (Wildman–Crippen LogP) is 3.13. The Morgan fingerprint density at radius 3 is 2.77 bits per heavy atom. The summed E-state index contributed by atoms with van der Waals surface area (Å²) in [5.74, 6) is 0.329. The molecule has 0 bridgehead atoms. The molecule has 0 aliphatic carbocycles. The van der Waals surface area contributed by atoms with Crippen molar-refractivity contribution in [1.82, 2.24) is 10.6 Å². The van der Waals surface area contributed by atoms with Gasteiger partial charge in [0.2, 0.25) is 0 Å². The zero-order chi connectivity index (χ0) is 18.5. The summed E-state index contributed by atoms with van der Waals surface area (Å²) in [6.45, 7) is 1.67. The number of hydrogen-bond acceptors (Lipinski definition) is 6. The lowest BCUT2D eigenvalue weighted by atomic mass is 10.1. The molecule has 1 aromatic heterocycles. The molecule has 3 rings (SSSR count). The third kappa shape index (κ3) is 3.56. The van der Waals surface area contributed by atoms with Gasteiger partial charge in [-0.1, -0.05) is 35.5 Å². The number of hydrazone groups is 1. The number of carbonyl (C=O) groups excluding carboxylic acids is 1. The summed E-state index contributed by atoms with van der Waals surface area (Å²) in [6.07, 6.45) is 1.45. The molecule has 0 atom stereocenters. The summed E-state index contributed by atoms with van der Waals surface area (Å²) in [4.78, 5) is 12.5. The van der Waals surface area contributed by atoms with Crippen molar-refractivity contribution in [3.05, 3.63) is 65.4 Å². The Kier molecular flexibility index (Phi) is 4.98. The molecule has 7 heteroatoms. The quantitative estimate of drug-likeness (QED) is 0.544. The van der Waals surface area contributed by atoms with E-state index in [0.29, 0.717) is 28.3 Å². The fourth-order valence-electron chi connectivity index (χ4n) is 2.43. The van der Waals surface area contributed by atoms with Gasteiger partial charge in [-0.05, 0) is 30.7 Å². The summed E-state index contributed by atoms with van der Waals surface area (Å²) in [7, 11) is 1.46. The molecular formula is C19H17N3O4. The van der Waals surface area contributed by atoms with E-state index in [2.05, 4.69) is 15.7 Å². The monoisotopic (exact) mass is 351 g/mol. The number of methoxy groups -OCH3 is 1. The van der Waals surface area contributed by atoms with Crippen LogP contribution in [0.1, 0.15) is 21.7 Å². The average Bonchev–Trinajstić information content (AvgIpc) is 3.05. The van der Waals surface area contributed by atoms with Gasteiger partial charge in [-0.2, -0.15) is 5.10 Å². The van der Waals surface area contributed by atoms with Crippen molar-refractivity contribution < 1.29 is 19.2 Å². The van der Waals surface area contributed by atoms with Gasteiger partial charge in [0, 0.05) is 5.56 Å². The van der Waals surface area contributed by atoms with Crippen LogP contribution < -0.4 is 10.2 Å². The Bertz CT molecular complexity index is 949. The number of phenols is 1. The lowest BCUT2D eigenvalue weighted by Crippen LogP contribution is -2.18. The third-order valence-electron chi connectivity index (χ3n) is 3.72. The molecule has 0 saturated carbocycles. The molecule has 0 unspecified atom stereocenters. The summed E-state index contributed by atoms with van der Waals surface area (Å²) >= 11 is 0. The van der Waals surface area contributed by atoms with E-state index in [0.717, 1.165) is 5.56 Å². The first-order valence-corrected chi connectivity index (χ1v) is 7.82. The molecule has 0 aliphatic rings. The van der Waals surface area contributed by atoms with Gasteiger partial charge in [0.15, 0.2) is 11.5 Å². The number of phenolic OH excluding ortho intramolecular Hbond substituents is 1. The number of hydrogen-bond donors (Lipinski definition) is 2. The van der Waals surface area contributed by atoms with Gasteiger partial charge in [-0.15, -0.1) is 0 Å². The minimum Gasteiger partial charge on any atom is -0.504 e. The van der Waals surface area contributed by atoms with Crippen LogP contribution in [0.25, 0.3) is 11.3 Å². The fraction of sp³-hybridized carbons (Fsp3) is 0.105. The van der Waals surface area contributed by atoms with Crippen molar-refractivity contribution in [2.24, 2.45) is 5.10 Å². The molecule has 2 N–H and O–H groups in total. The van der Waals surface area contributed by atoms with Crippen LogP contribution in [-0.4, -0.2) is 29.5 Å². The number of benzene rings is 2. The van der Waals surface area contributed by atoms with E-state index in [9.17, 15) is 9.90 Å². The Morgan fingerprint density at radius 2 is 2.04 bits per heavy atom.